The highest BCUT2D eigenvalue weighted by molar-refractivity contribution is 7.90. The number of hydrogen-bond acceptors (Lipinski definition) is 3. The molecule has 5 heteroatoms. The third kappa shape index (κ3) is 2.39. The van der Waals surface area contributed by atoms with E-state index in [4.69, 9.17) is 0 Å². The first kappa shape index (κ1) is 15.2. The van der Waals surface area contributed by atoms with E-state index in [9.17, 15) is 13.2 Å². The van der Waals surface area contributed by atoms with Gasteiger partial charge in [-0.1, -0.05) is 42.5 Å². The number of aldehydes is 1. The molecule has 0 bridgehead atoms. The summed E-state index contributed by atoms with van der Waals surface area (Å²) in [6, 6.07) is 15.2. The maximum absolute atomic E-state index is 13.1. The third-order valence-corrected chi connectivity index (χ3v) is 5.37. The molecule has 1 aromatic heterocycles. The SMILES string of the molecule is C/C=C/c1c(C=O)c2ccccc2n1S(=O)(=O)c1ccccc1. The Bertz CT molecular complexity index is 999. The van der Waals surface area contributed by atoms with Gasteiger partial charge in [-0.05, 0) is 31.2 Å². The molecule has 1 heterocycles. The molecule has 23 heavy (non-hydrogen) atoms. The summed E-state index contributed by atoms with van der Waals surface area (Å²) < 4.78 is 27.4. The molecule has 4 nitrogen and oxygen atoms in total. The minimum atomic E-state index is -3.80. The van der Waals surface area contributed by atoms with Crippen LogP contribution in [0.1, 0.15) is 23.0 Å². The highest BCUT2D eigenvalue weighted by Gasteiger charge is 2.25. The van der Waals surface area contributed by atoms with Crippen LogP contribution in [0.15, 0.2) is 65.6 Å². The van der Waals surface area contributed by atoms with E-state index in [-0.39, 0.29) is 4.90 Å². The Labute approximate surface area is 134 Å². The highest BCUT2D eigenvalue weighted by Crippen LogP contribution is 2.30. The van der Waals surface area contributed by atoms with E-state index >= 15 is 0 Å². The number of nitrogens with zero attached hydrogens (tertiary/aromatic N) is 1. The molecule has 0 unspecified atom stereocenters. The first-order chi connectivity index (χ1) is 11.1. The van der Waals surface area contributed by atoms with Crippen molar-refractivity contribution in [2.45, 2.75) is 11.8 Å². The van der Waals surface area contributed by atoms with Crippen LogP contribution in [0.3, 0.4) is 0 Å². The Kier molecular flexibility index (Phi) is 3.88. The quantitative estimate of drug-likeness (QED) is 0.687. The first-order valence-electron chi connectivity index (χ1n) is 7.13. The molecular formula is C18H15NO3S. The van der Waals surface area contributed by atoms with Gasteiger partial charge in [0.15, 0.2) is 6.29 Å². The smallest absolute Gasteiger partial charge is 0.268 e. The van der Waals surface area contributed by atoms with Crippen LogP contribution in [0.4, 0.5) is 0 Å². The van der Waals surface area contributed by atoms with E-state index in [1.165, 1.54) is 3.97 Å². The number of allylic oxidation sites excluding steroid dienone is 1. The second-order valence-corrected chi connectivity index (χ2v) is 6.80. The van der Waals surface area contributed by atoms with Gasteiger partial charge in [-0.25, -0.2) is 12.4 Å². The summed E-state index contributed by atoms with van der Waals surface area (Å²) in [5.41, 5.74) is 1.23. The molecule has 0 amide bonds. The zero-order valence-electron chi connectivity index (χ0n) is 12.5. The van der Waals surface area contributed by atoms with Gasteiger partial charge < -0.3 is 0 Å². The molecule has 0 spiro atoms. The molecule has 2 aromatic carbocycles. The molecule has 0 radical (unpaired) electrons. The maximum Gasteiger partial charge on any atom is 0.268 e. The number of fused-ring (bicyclic) bond motifs is 1. The van der Waals surface area contributed by atoms with Crippen molar-refractivity contribution in [3.63, 3.8) is 0 Å². The van der Waals surface area contributed by atoms with Gasteiger partial charge in [-0.15, -0.1) is 0 Å². The minimum absolute atomic E-state index is 0.184. The molecular weight excluding hydrogens is 310 g/mol. The number of para-hydroxylation sites is 1. The Morgan fingerprint density at radius 1 is 0.957 bits per heavy atom. The van der Waals surface area contributed by atoms with Crippen LogP contribution < -0.4 is 0 Å². The molecule has 0 aliphatic heterocycles. The lowest BCUT2D eigenvalue weighted by atomic mass is 10.1. The fraction of sp³-hybridized carbons (Fsp3) is 0.0556. The predicted molar refractivity (Wildman–Crippen MR) is 91.1 cm³/mol. The van der Waals surface area contributed by atoms with Gasteiger partial charge in [0.1, 0.15) is 0 Å². The second kappa shape index (κ2) is 5.85. The van der Waals surface area contributed by atoms with Gasteiger partial charge in [0.2, 0.25) is 0 Å². The van der Waals surface area contributed by atoms with Crippen LogP contribution in [0, 0.1) is 0 Å². The molecule has 3 aromatic rings. The Hall–Kier alpha value is -2.66. The summed E-state index contributed by atoms with van der Waals surface area (Å²) in [6.45, 7) is 1.78. The molecule has 0 saturated heterocycles. The van der Waals surface area contributed by atoms with Crippen LogP contribution in [0.5, 0.6) is 0 Å². The standard InChI is InChI=1S/C18H15NO3S/c1-2-8-17-16(13-20)15-11-6-7-12-18(15)19(17)23(21,22)14-9-4-3-5-10-14/h2-13H,1H3/b8-2+. The molecule has 116 valence electrons. The summed E-state index contributed by atoms with van der Waals surface area (Å²) in [6.07, 6.45) is 4.07. The minimum Gasteiger partial charge on any atom is -0.298 e. The summed E-state index contributed by atoms with van der Waals surface area (Å²) in [5.74, 6) is 0. The van der Waals surface area contributed by atoms with E-state index in [1.807, 2.05) is 0 Å². The monoisotopic (exact) mass is 325 g/mol. The summed E-state index contributed by atoms with van der Waals surface area (Å²) in [7, 11) is -3.80. The van der Waals surface area contributed by atoms with Crippen LogP contribution in [-0.4, -0.2) is 18.7 Å². The predicted octanol–water partition coefficient (Wildman–Crippen LogP) is 3.72. The van der Waals surface area contributed by atoms with Gasteiger partial charge >= 0.3 is 0 Å². The zero-order valence-corrected chi connectivity index (χ0v) is 13.3. The number of rotatable bonds is 4. The number of hydrogen-bond donors (Lipinski definition) is 0. The van der Waals surface area contributed by atoms with Crippen molar-refractivity contribution in [1.82, 2.24) is 3.97 Å². The van der Waals surface area contributed by atoms with Crippen molar-refractivity contribution in [1.29, 1.82) is 0 Å². The van der Waals surface area contributed by atoms with Crippen LogP contribution in [0.2, 0.25) is 0 Å². The van der Waals surface area contributed by atoms with E-state index in [0.717, 1.165) is 0 Å². The number of carbonyl (C=O) groups is 1. The van der Waals surface area contributed by atoms with Crippen molar-refractivity contribution in [2.24, 2.45) is 0 Å². The van der Waals surface area contributed by atoms with E-state index < -0.39 is 10.0 Å². The largest absolute Gasteiger partial charge is 0.298 e. The Morgan fingerprint density at radius 2 is 1.61 bits per heavy atom. The average Bonchev–Trinajstić information content (AvgIpc) is 2.89. The molecule has 3 rings (SSSR count). The zero-order chi connectivity index (χ0) is 16.4. The molecule has 0 aliphatic rings. The molecule has 0 aliphatic carbocycles. The van der Waals surface area contributed by atoms with Crippen molar-refractivity contribution in [2.75, 3.05) is 0 Å². The Morgan fingerprint density at radius 3 is 2.26 bits per heavy atom. The fourth-order valence-corrected chi connectivity index (χ4v) is 4.20. The van der Waals surface area contributed by atoms with E-state index in [1.54, 1.807) is 73.7 Å². The summed E-state index contributed by atoms with van der Waals surface area (Å²) in [5, 5.41) is 0.620. The number of aromatic nitrogens is 1. The lowest BCUT2D eigenvalue weighted by molar-refractivity contribution is 0.112. The third-order valence-electron chi connectivity index (χ3n) is 3.63. The van der Waals surface area contributed by atoms with E-state index in [0.29, 0.717) is 28.4 Å². The first-order valence-corrected chi connectivity index (χ1v) is 8.57. The van der Waals surface area contributed by atoms with Crippen LogP contribution in [0.25, 0.3) is 17.0 Å². The maximum atomic E-state index is 13.1. The van der Waals surface area contributed by atoms with Gasteiger partial charge in [0.25, 0.3) is 10.0 Å². The van der Waals surface area contributed by atoms with E-state index in [2.05, 4.69) is 0 Å². The van der Waals surface area contributed by atoms with Gasteiger partial charge in [0, 0.05) is 10.9 Å². The summed E-state index contributed by atoms with van der Waals surface area (Å²) >= 11 is 0. The molecule has 0 fully saturated rings. The summed E-state index contributed by atoms with van der Waals surface area (Å²) in [4.78, 5) is 11.7. The topological polar surface area (TPSA) is 56.1 Å². The molecule has 0 N–H and O–H groups in total. The lowest BCUT2D eigenvalue weighted by Gasteiger charge is -2.10. The average molecular weight is 325 g/mol. The Balaban J connectivity index is 2.46. The lowest BCUT2D eigenvalue weighted by Crippen LogP contribution is -2.14. The second-order valence-electron chi connectivity index (χ2n) is 5.02. The van der Waals surface area contributed by atoms with Crippen molar-refractivity contribution < 1.29 is 13.2 Å². The van der Waals surface area contributed by atoms with Crippen molar-refractivity contribution in [3.05, 3.63) is 71.9 Å². The van der Waals surface area contributed by atoms with Crippen molar-refractivity contribution >= 4 is 33.3 Å². The fourth-order valence-electron chi connectivity index (χ4n) is 2.65. The van der Waals surface area contributed by atoms with Gasteiger partial charge in [0.05, 0.1) is 16.1 Å². The molecule has 0 saturated carbocycles. The highest BCUT2D eigenvalue weighted by atomic mass is 32.2. The van der Waals surface area contributed by atoms with Gasteiger partial charge in [-0.3, -0.25) is 4.79 Å². The number of carbonyl (C=O) groups excluding carboxylic acids is 1. The van der Waals surface area contributed by atoms with Crippen LogP contribution in [-0.2, 0) is 10.0 Å². The molecule has 0 atom stereocenters. The van der Waals surface area contributed by atoms with Gasteiger partial charge in [-0.2, -0.15) is 0 Å². The normalized spacial score (nSPS) is 12.0. The van der Waals surface area contributed by atoms with Crippen LogP contribution >= 0.6 is 0 Å². The van der Waals surface area contributed by atoms with Crippen molar-refractivity contribution in [3.8, 4) is 0 Å². The number of benzene rings is 2.